The van der Waals surface area contributed by atoms with Crippen molar-refractivity contribution in [2.75, 3.05) is 13.7 Å². The molecule has 1 atom stereocenters. The molecule has 2 aromatic carbocycles. The van der Waals surface area contributed by atoms with Crippen molar-refractivity contribution in [2.45, 2.75) is 25.5 Å². The van der Waals surface area contributed by atoms with Crippen molar-refractivity contribution in [2.24, 2.45) is 14.1 Å². The molecule has 0 unspecified atom stereocenters. The number of hydrogen-bond acceptors (Lipinski definition) is 4. The van der Waals surface area contributed by atoms with E-state index in [-0.39, 0.29) is 5.56 Å². The number of halogens is 1. The lowest BCUT2D eigenvalue weighted by atomic mass is 9.97. The van der Waals surface area contributed by atoms with Crippen LogP contribution in [0.15, 0.2) is 58.1 Å². The molecule has 0 bridgehead atoms. The predicted octanol–water partition coefficient (Wildman–Crippen LogP) is 4.22. The highest BCUT2D eigenvalue weighted by atomic mass is 35.5. The van der Waals surface area contributed by atoms with Gasteiger partial charge in [-0.25, -0.2) is 4.79 Å². The molecular weight excluding hydrogens is 454 g/mol. The van der Waals surface area contributed by atoms with Gasteiger partial charge in [-0.1, -0.05) is 41.9 Å². The van der Waals surface area contributed by atoms with E-state index < -0.39 is 17.3 Å². The smallest absolute Gasteiger partial charge is 0.331 e. The molecule has 5 rings (SSSR count). The Bertz CT molecular complexity index is 1540. The van der Waals surface area contributed by atoms with Crippen LogP contribution in [0.4, 0.5) is 0 Å². The number of rotatable bonds is 3. The zero-order valence-corrected chi connectivity index (χ0v) is 20.5. The van der Waals surface area contributed by atoms with E-state index in [0.717, 1.165) is 27.1 Å². The first-order valence-electron chi connectivity index (χ1n) is 11.0. The van der Waals surface area contributed by atoms with Gasteiger partial charge in [-0.05, 0) is 37.6 Å². The summed E-state index contributed by atoms with van der Waals surface area (Å²) in [5.41, 5.74) is 2.48. The number of aromatic nitrogens is 3. The van der Waals surface area contributed by atoms with Crippen LogP contribution in [0.25, 0.3) is 22.2 Å². The molecule has 0 saturated carbocycles. The molecule has 2 aromatic heterocycles. The Morgan fingerprint density at radius 1 is 1.03 bits per heavy atom. The third-order valence-electron chi connectivity index (χ3n) is 6.60. The summed E-state index contributed by atoms with van der Waals surface area (Å²) in [6, 6.07) is 15.1. The molecule has 7 nitrogen and oxygen atoms in total. The van der Waals surface area contributed by atoms with Gasteiger partial charge in [-0.15, -0.1) is 0 Å². The summed E-state index contributed by atoms with van der Waals surface area (Å²) in [4.78, 5) is 26.6. The fourth-order valence-corrected chi connectivity index (χ4v) is 5.12. The van der Waals surface area contributed by atoms with Crippen molar-refractivity contribution >= 4 is 22.5 Å². The van der Waals surface area contributed by atoms with Crippen LogP contribution in [0.2, 0.25) is 5.02 Å². The summed E-state index contributed by atoms with van der Waals surface area (Å²) in [5, 5.41) is 1.08. The van der Waals surface area contributed by atoms with Gasteiger partial charge in [0.2, 0.25) is 0 Å². The Morgan fingerprint density at radius 2 is 1.71 bits per heavy atom. The second-order valence-electron chi connectivity index (χ2n) is 9.25. The first-order valence-corrected chi connectivity index (χ1v) is 11.4. The van der Waals surface area contributed by atoms with Crippen LogP contribution in [0.3, 0.4) is 0 Å². The molecular formula is C26H26ClN3O4. The maximum atomic E-state index is 13.6. The van der Waals surface area contributed by atoms with Crippen molar-refractivity contribution < 1.29 is 9.47 Å². The van der Waals surface area contributed by atoms with Crippen LogP contribution in [0, 0.1) is 0 Å². The first-order chi connectivity index (χ1) is 16.2. The average molecular weight is 480 g/mol. The number of fused-ring (bicyclic) bond motifs is 3. The minimum atomic E-state index is -0.537. The second-order valence-corrected chi connectivity index (χ2v) is 9.69. The fraction of sp³-hybridized carbons (Fsp3) is 0.308. The molecule has 0 saturated heterocycles. The zero-order valence-electron chi connectivity index (χ0n) is 19.8. The van der Waals surface area contributed by atoms with Gasteiger partial charge >= 0.3 is 5.69 Å². The van der Waals surface area contributed by atoms with Gasteiger partial charge in [0, 0.05) is 24.7 Å². The van der Waals surface area contributed by atoms with Gasteiger partial charge in [0.25, 0.3) is 5.56 Å². The van der Waals surface area contributed by atoms with Gasteiger partial charge in [0.1, 0.15) is 11.9 Å². The molecule has 176 valence electrons. The monoisotopic (exact) mass is 479 g/mol. The molecule has 0 spiro atoms. The number of ether oxygens (including phenoxy) is 2. The maximum Gasteiger partial charge on any atom is 0.331 e. The summed E-state index contributed by atoms with van der Waals surface area (Å²) in [6.45, 7) is 4.53. The number of methoxy groups -OCH3 is 1. The summed E-state index contributed by atoms with van der Waals surface area (Å²) in [7, 11) is 4.82. The molecule has 4 aromatic rings. The minimum absolute atomic E-state index is 0.348. The third kappa shape index (κ3) is 3.15. The van der Waals surface area contributed by atoms with E-state index in [2.05, 4.69) is 18.4 Å². The van der Waals surface area contributed by atoms with Gasteiger partial charge in [0.15, 0.2) is 0 Å². The lowest BCUT2D eigenvalue weighted by Gasteiger charge is -2.39. The quantitative estimate of drug-likeness (QED) is 0.441. The normalized spacial score (nSPS) is 17.1. The Labute approximate surface area is 201 Å². The molecule has 0 N–H and O–H groups in total. The highest BCUT2D eigenvalue weighted by Crippen LogP contribution is 2.47. The van der Waals surface area contributed by atoms with Crippen LogP contribution in [0.1, 0.15) is 31.2 Å². The molecule has 1 aliphatic rings. The fourth-order valence-electron chi connectivity index (χ4n) is 5.00. The lowest BCUT2D eigenvalue weighted by Crippen LogP contribution is -2.40. The molecule has 0 fully saturated rings. The van der Waals surface area contributed by atoms with Crippen molar-refractivity contribution in [3.8, 4) is 17.0 Å². The highest BCUT2D eigenvalue weighted by Gasteiger charge is 2.41. The first kappa shape index (κ1) is 22.5. The second kappa shape index (κ2) is 7.89. The van der Waals surface area contributed by atoms with E-state index in [9.17, 15) is 9.59 Å². The molecule has 0 amide bonds. The van der Waals surface area contributed by atoms with E-state index >= 15 is 0 Å². The highest BCUT2D eigenvalue weighted by molar-refractivity contribution is 6.30. The molecule has 34 heavy (non-hydrogen) atoms. The Morgan fingerprint density at radius 3 is 2.38 bits per heavy atom. The van der Waals surface area contributed by atoms with Gasteiger partial charge < -0.3 is 14.0 Å². The topological polar surface area (TPSA) is 67.4 Å². The molecule has 3 heterocycles. The van der Waals surface area contributed by atoms with Crippen molar-refractivity contribution in [1.29, 1.82) is 0 Å². The Kier molecular flexibility index (Phi) is 5.22. The van der Waals surface area contributed by atoms with Gasteiger partial charge in [-0.3, -0.25) is 13.9 Å². The van der Waals surface area contributed by atoms with Crippen LogP contribution in [-0.2, 0) is 24.4 Å². The SMILES string of the molecule is COc1ccccc1[C@H]1OCC(C)(C)n2c(-c3ccc(Cl)cc3)c3c(=O)n(C)c(=O)n(C)c3c21. The summed E-state index contributed by atoms with van der Waals surface area (Å²) >= 11 is 6.18. The van der Waals surface area contributed by atoms with Crippen molar-refractivity contribution in [1.82, 2.24) is 13.7 Å². The summed E-state index contributed by atoms with van der Waals surface area (Å²) in [6.07, 6.45) is -0.537. The summed E-state index contributed by atoms with van der Waals surface area (Å²) in [5.74, 6) is 0.676. The van der Waals surface area contributed by atoms with Crippen molar-refractivity contribution in [3.05, 3.63) is 85.6 Å². The molecule has 8 heteroatoms. The van der Waals surface area contributed by atoms with Crippen LogP contribution >= 0.6 is 11.6 Å². The minimum Gasteiger partial charge on any atom is -0.496 e. The standard InChI is InChI=1S/C26H26ClN3O4/c1-26(2)14-34-23(17-8-6-7-9-18(17)33-5)22-21-19(24(31)29(4)25(32)28(21)3)20(30(22)26)15-10-12-16(27)13-11-15/h6-13,23H,14H2,1-5H3/t23-/m1/s1. The Hall–Kier alpha value is -3.29. The zero-order chi connectivity index (χ0) is 24.4. The number of aryl methyl sites for hydroxylation is 1. The van der Waals surface area contributed by atoms with Crippen LogP contribution < -0.4 is 16.0 Å². The van der Waals surface area contributed by atoms with E-state index in [1.165, 1.54) is 11.6 Å². The number of nitrogens with zero attached hydrogens (tertiary/aromatic N) is 3. The number of hydrogen-bond donors (Lipinski definition) is 0. The number of para-hydroxylation sites is 1. The van der Waals surface area contributed by atoms with E-state index in [0.29, 0.717) is 28.3 Å². The lowest BCUT2D eigenvalue weighted by molar-refractivity contribution is -0.00799. The molecule has 0 aliphatic carbocycles. The predicted molar refractivity (Wildman–Crippen MR) is 133 cm³/mol. The summed E-state index contributed by atoms with van der Waals surface area (Å²) < 4.78 is 16.9. The van der Waals surface area contributed by atoms with E-state index in [1.807, 2.05) is 36.4 Å². The van der Waals surface area contributed by atoms with E-state index in [1.54, 1.807) is 26.3 Å². The van der Waals surface area contributed by atoms with Crippen molar-refractivity contribution in [3.63, 3.8) is 0 Å². The third-order valence-corrected chi connectivity index (χ3v) is 6.86. The van der Waals surface area contributed by atoms with Crippen LogP contribution in [-0.4, -0.2) is 27.4 Å². The maximum absolute atomic E-state index is 13.6. The van der Waals surface area contributed by atoms with Crippen LogP contribution in [0.5, 0.6) is 5.75 Å². The Balaban J connectivity index is 2.01. The molecule has 0 radical (unpaired) electrons. The molecule has 1 aliphatic heterocycles. The average Bonchev–Trinajstić information content (AvgIpc) is 3.20. The van der Waals surface area contributed by atoms with E-state index in [4.69, 9.17) is 21.1 Å². The largest absolute Gasteiger partial charge is 0.496 e. The van der Waals surface area contributed by atoms with Gasteiger partial charge in [-0.2, -0.15) is 0 Å². The number of benzene rings is 2. The van der Waals surface area contributed by atoms with Gasteiger partial charge in [0.05, 0.1) is 41.5 Å².